The number of ether oxygens (including phenoxy) is 1. The molecule has 3 N–H and O–H groups in total. The fraction of sp³-hybridized carbons (Fsp3) is 0.294. The van der Waals surface area contributed by atoms with Crippen molar-refractivity contribution in [2.24, 2.45) is 10.9 Å². The van der Waals surface area contributed by atoms with E-state index in [-0.39, 0.29) is 41.1 Å². The van der Waals surface area contributed by atoms with Gasteiger partial charge >= 0.3 is 0 Å². The van der Waals surface area contributed by atoms with Crippen LogP contribution in [0.2, 0.25) is 5.02 Å². The van der Waals surface area contributed by atoms with Gasteiger partial charge in [0.15, 0.2) is 12.4 Å². The summed E-state index contributed by atoms with van der Waals surface area (Å²) in [5.41, 5.74) is 6.71. The zero-order valence-electron chi connectivity index (χ0n) is 15.2. The molecule has 0 unspecified atom stereocenters. The van der Waals surface area contributed by atoms with Gasteiger partial charge in [-0.2, -0.15) is 15.6 Å². The quantitative estimate of drug-likeness (QED) is 0.370. The number of thiophene rings is 1. The Bertz CT molecular complexity index is 989. The number of hydrogen-bond donors (Lipinski definition) is 2. The first-order valence-electron chi connectivity index (χ1n) is 8.53. The smallest absolute Gasteiger partial charge is 0.265 e. The average Bonchev–Trinajstić information content (AvgIpc) is 3.25. The number of carbonyl (C=O) groups is 1. The molecule has 12 heteroatoms. The van der Waals surface area contributed by atoms with Gasteiger partial charge in [0.2, 0.25) is 10.0 Å². The number of halogens is 1. The maximum Gasteiger partial charge on any atom is 0.265 e. The number of morpholine rings is 1. The molecular weight excluding hydrogens is 440 g/mol. The second-order valence-electron chi connectivity index (χ2n) is 5.97. The van der Waals surface area contributed by atoms with Crippen LogP contribution in [0.15, 0.2) is 45.1 Å². The first kappa shape index (κ1) is 21.5. The molecule has 29 heavy (non-hydrogen) atoms. The van der Waals surface area contributed by atoms with Gasteiger partial charge in [-0.05, 0) is 29.6 Å². The van der Waals surface area contributed by atoms with Crippen molar-refractivity contribution in [3.8, 4) is 0 Å². The molecule has 1 amide bonds. The van der Waals surface area contributed by atoms with Crippen LogP contribution in [0.4, 0.5) is 5.69 Å². The van der Waals surface area contributed by atoms with E-state index >= 15 is 0 Å². The highest BCUT2D eigenvalue weighted by molar-refractivity contribution is 7.89. The molecule has 156 valence electrons. The minimum atomic E-state index is -3.80. The van der Waals surface area contributed by atoms with Crippen LogP contribution in [0, 0.1) is 0 Å². The molecule has 1 aliphatic rings. The van der Waals surface area contributed by atoms with Crippen molar-refractivity contribution in [2.45, 2.75) is 4.90 Å². The van der Waals surface area contributed by atoms with Gasteiger partial charge in [0, 0.05) is 29.7 Å². The van der Waals surface area contributed by atoms with Gasteiger partial charge in [-0.1, -0.05) is 16.8 Å². The molecule has 0 saturated carbocycles. The Morgan fingerprint density at radius 2 is 2.10 bits per heavy atom. The third-order valence-electron chi connectivity index (χ3n) is 3.98. The van der Waals surface area contributed by atoms with Gasteiger partial charge in [0.05, 0.1) is 18.2 Å². The Morgan fingerprint density at radius 3 is 2.79 bits per heavy atom. The Kier molecular flexibility index (Phi) is 7.09. The van der Waals surface area contributed by atoms with Gasteiger partial charge in [-0.3, -0.25) is 4.79 Å². The molecule has 1 aromatic heterocycles. The normalized spacial score (nSPS) is 15.8. The number of rotatable bonds is 7. The third-order valence-corrected chi connectivity index (χ3v) is 7.04. The topological polar surface area (TPSA) is 123 Å². The van der Waals surface area contributed by atoms with Crippen molar-refractivity contribution in [3.63, 3.8) is 0 Å². The van der Waals surface area contributed by atoms with E-state index in [0.29, 0.717) is 18.8 Å². The minimum Gasteiger partial charge on any atom is -0.384 e. The van der Waals surface area contributed by atoms with E-state index in [2.05, 4.69) is 10.5 Å². The summed E-state index contributed by atoms with van der Waals surface area (Å²) in [4.78, 5) is 16.9. The molecular formula is C17H19ClN4O5S2. The fourth-order valence-electron chi connectivity index (χ4n) is 2.53. The summed E-state index contributed by atoms with van der Waals surface area (Å²) in [6, 6.07) is 6.00. The van der Waals surface area contributed by atoms with Gasteiger partial charge in [-0.25, -0.2) is 8.42 Å². The van der Waals surface area contributed by atoms with E-state index < -0.39 is 15.9 Å². The highest BCUT2D eigenvalue weighted by atomic mass is 35.5. The van der Waals surface area contributed by atoms with Crippen LogP contribution in [0.5, 0.6) is 0 Å². The molecule has 1 aromatic carbocycles. The first-order valence-corrected chi connectivity index (χ1v) is 11.3. The summed E-state index contributed by atoms with van der Waals surface area (Å²) in [6.45, 7) is 0.734. The highest BCUT2D eigenvalue weighted by Gasteiger charge is 2.28. The largest absolute Gasteiger partial charge is 0.384 e. The van der Waals surface area contributed by atoms with Crippen LogP contribution < -0.4 is 11.1 Å². The predicted molar refractivity (Wildman–Crippen MR) is 111 cm³/mol. The van der Waals surface area contributed by atoms with E-state index in [0.717, 1.165) is 0 Å². The molecule has 2 aromatic rings. The van der Waals surface area contributed by atoms with E-state index in [1.807, 2.05) is 5.38 Å². The number of benzene rings is 1. The number of oxime groups is 1. The number of amides is 1. The lowest BCUT2D eigenvalue weighted by Crippen LogP contribution is -2.40. The first-order chi connectivity index (χ1) is 13.9. The zero-order valence-corrected chi connectivity index (χ0v) is 17.6. The van der Waals surface area contributed by atoms with E-state index in [4.69, 9.17) is 26.9 Å². The van der Waals surface area contributed by atoms with Gasteiger partial charge in [0.1, 0.15) is 4.90 Å². The molecule has 1 fully saturated rings. The maximum atomic E-state index is 12.8. The van der Waals surface area contributed by atoms with E-state index in [1.54, 1.807) is 11.4 Å². The number of nitrogens with two attached hydrogens (primary N) is 1. The molecule has 3 rings (SSSR count). The van der Waals surface area contributed by atoms with Crippen LogP contribution in [0.3, 0.4) is 0 Å². The molecule has 1 saturated heterocycles. The average molecular weight is 459 g/mol. The van der Waals surface area contributed by atoms with Crippen molar-refractivity contribution in [3.05, 3.63) is 45.6 Å². The van der Waals surface area contributed by atoms with Crippen LogP contribution in [-0.2, 0) is 24.4 Å². The number of carbonyl (C=O) groups excluding carboxylic acids is 1. The highest BCUT2D eigenvalue weighted by Crippen LogP contribution is 2.28. The maximum absolute atomic E-state index is 12.8. The zero-order chi connectivity index (χ0) is 20.9. The van der Waals surface area contributed by atoms with Gasteiger partial charge in [-0.15, -0.1) is 0 Å². The number of anilines is 1. The number of nitrogens with zero attached hydrogens (tertiary/aromatic N) is 2. The summed E-state index contributed by atoms with van der Waals surface area (Å²) in [5.74, 6) is -0.367. The van der Waals surface area contributed by atoms with Gasteiger partial charge < -0.3 is 20.6 Å². The second-order valence-corrected chi connectivity index (χ2v) is 9.07. The van der Waals surface area contributed by atoms with Crippen LogP contribution in [-0.4, -0.2) is 57.4 Å². The monoisotopic (exact) mass is 458 g/mol. The molecule has 2 heterocycles. The lowest BCUT2D eigenvalue weighted by molar-refractivity contribution is -0.120. The molecule has 0 spiro atoms. The molecule has 0 bridgehead atoms. The Balaban J connectivity index is 1.64. The van der Waals surface area contributed by atoms with E-state index in [1.165, 1.54) is 33.8 Å². The van der Waals surface area contributed by atoms with Crippen LogP contribution >= 0.6 is 22.9 Å². The molecule has 0 aliphatic carbocycles. The van der Waals surface area contributed by atoms with Crippen molar-refractivity contribution in [2.75, 3.05) is 38.2 Å². The fourth-order valence-corrected chi connectivity index (χ4v) is 5.08. The lowest BCUT2D eigenvalue weighted by Gasteiger charge is -2.26. The summed E-state index contributed by atoms with van der Waals surface area (Å²) in [6.07, 6.45) is 0. The van der Waals surface area contributed by atoms with Crippen LogP contribution in [0.25, 0.3) is 0 Å². The summed E-state index contributed by atoms with van der Waals surface area (Å²) < 4.78 is 32.1. The molecule has 0 radical (unpaired) electrons. The summed E-state index contributed by atoms with van der Waals surface area (Å²) >= 11 is 7.56. The summed E-state index contributed by atoms with van der Waals surface area (Å²) in [7, 11) is -3.80. The van der Waals surface area contributed by atoms with Crippen molar-refractivity contribution in [1.82, 2.24) is 4.31 Å². The number of amidine groups is 1. The Hall–Kier alpha value is -2.18. The predicted octanol–water partition coefficient (Wildman–Crippen LogP) is 1.70. The SMILES string of the molecule is N/C(=N/OCC(=O)Nc1ccc(Cl)c(S(=O)(=O)N2CCOCC2)c1)c1ccsc1. The van der Waals surface area contributed by atoms with Crippen molar-refractivity contribution in [1.29, 1.82) is 0 Å². The van der Waals surface area contributed by atoms with E-state index in [9.17, 15) is 13.2 Å². The number of sulfonamides is 1. The van der Waals surface area contributed by atoms with Gasteiger partial charge in [0.25, 0.3) is 5.91 Å². The third kappa shape index (κ3) is 5.46. The molecule has 9 nitrogen and oxygen atoms in total. The summed E-state index contributed by atoms with van der Waals surface area (Å²) in [5, 5.41) is 9.95. The number of hydrogen-bond acceptors (Lipinski definition) is 7. The molecule has 0 atom stereocenters. The Morgan fingerprint density at radius 1 is 1.34 bits per heavy atom. The standard InChI is InChI=1S/C17H19ClN4O5S2/c18-14-2-1-13(9-15(14)29(24,25)22-4-6-26-7-5-22)20-16(23)10-27-21-17(19)12-3-8-28-11-12/h1-3,8-9,11H,4-7,10H2,(H2,19,21)(H,20,23). The minimum absolute atomic E-state index is 0.0684. The lowest BCUT2D eigenvalue weighted by atomic mass is 10.3. The van der Waals surface area contributed by atoms with Crippen molar-refractivity contribution < 1.29 is 22.8 Å². The van der Waals surface area contributed by atoms with Crippen LogP contribution in [0.1, 0.15) is 5.56 Å². The van der Waals surface area contributed by atoms with Crippen molar-refractivity contribution >= 4 is 50.4 Å². The molecule has 1 aliphatic heterocycles. The Labute approximate surface area is 177 Å². The second kappa shape index (κ2) is 9.55. The number of nitrogens with one attached hydrogen (secondary N) is 1.